The lowest BCUT2D eigenvalue weighted by molar-refractivity contribution is -0.683. The summed E-state index contributed by atoms with van der Waals surface area (Å²) >= 11 is 5.96. The van der Waals surface area contributed by atoms with Crippen LogP contribution in [0.15, 0.2) is 48.5 Å². The minimum atomic E-state index is -0.317. The van der Waals surface area contributed by atoms with Gasteiger partial charge in [0, 0.05) is 17.6 Å². The highest BCUT2D eigenvalue weighted by atomic mass is 35.5. The van der Waals surface area contributed by atoms with Gasteiger partial charge in [-0.3, -0.25) is 9.59 Å². The fourth-order valence-corrected chi connectivity index (χ4v) is 2.77. The van der Waals surface area contributed by atoms with E-state index < -0.39 is 0 Å². The number of rotatable bonds is 8. The van der Waals surface area contributed by atoms with Crippen LogP contribution in [0.4, 0.5) is 5.69 Å². The van der Waals surface area contributed by atoms with E-state index in [1.165, 1.54) is 12.0 Å². The number of nitrogens with two attached hydrogens (primary N) is 1. The van der Waals surface area contributed by atoms with Crippen LogP contribution in [0.5, 0.6) is 5.75 Å². The summed E-state index contributed by atoms with van der Waals surface area (Å²) < 4.78 is 5.20. The highest BCUT2D eigenvalue weighted by Gasteiger charge is 2.17. The van der Waals surface area contributed by atoms with Crippen molar-refractivity contribution in [1.29, 1.82) is 0 Å². The van der Waals surface area contributed by atoms with E-state index in [-0.39, 0.29) is 30.9 Å². The molecule has 2 aromatic carbocycles. The Morgan fingerprint density at radius 3 is 2.59 bits per heavy atom. The molecule has 6 nitrogen and oxygen atoms in total. The van der Waals surface area contributed by atoms with Gasteiger partial charge in [0.1, 0.15) is 11.8 Å². The first kappa shape index (κ1) is 20.7. The van der Waals surface area contributed by atoms with Crippen LogP contribution in [0.3, 0.4) is 0 Å². The van der Waals surface area contributed by atoms with Crippen molar-refractivity contribution < 1.29 is 19.6 Å². The quantitative estimate of drug-likeness (QED) is 0.724. The van der Waals surface area contributed by atoms with Gasteiger partial charge in [0.25, 0.3) is 5.91 Å². The number of ether oxygens (including phenoxy) is 1. The normalized spacial score (nSPS) is 11.6. The van der Waals surface area contributed by atoms with Crippen molar-refractivity contribution in [2.45, 2.75) is 13.0 Å². The lowest BCUT2D eigenvalue weighted by Gasteiger charge is -2.18. The van der Waals surface area contributed by atoms with Crippen molar-refractivity contribution >= 4 is 29.1 Å². The van der Waals surface area contributed by atoms with Gasteiger partial charge in [-0.25, -0.2) is 0 Å². The molecule has 0 saturated carbocycles. The van der Waals surface area contributed by atoms with Crippen molar-refractivity contribution in [3.63, 3.8) is 0 Å². The molecule has 0 heterocycles. The van der Waals surface area contributed by atoms with E-state index in [0.717, 1.165) is 5.56 Å². The second kappa shape index (κ2) is 9.94. The maximum atomic E-state index is 12.3. The van der Waals surface area contributed by atoms with Crippen LogP contribution >= 0.6 is 11.6 Å². The van der Waals surface area contributed by atoms with Crippen LogP contribution in [0.2, 0.25) is 5.02 Å². The van der Waals surface area contributed by atoms with Crippen LogP contribution in [-0.2, 0) is 9.59 Å². The minimum Gasteiger partial charge on any atom is -0.495 e. The van der Waals surface area contributed by atoms with Crippen molar-refractivity contribution in [3.8, 4) is 5.75 Å². The molecule has 144 valence electrons. The predicted molar refractivity (Wildman–Crippen MR) is 106 cm³/mol. The molecular weight excluding hydrogens is 366 g/mol. The first-order chi connectivity index (χ1) is 12.9. The summed E-state index contributed by atoms with van der Waals surface area (Å²) in [5.74, 6) is 0.0697. The fraction of sp³-hybridized carbons (Fsp3) is 0.300. The third-order valence-electron chi connectivity index (χ3n) is 4.21. The van der Waals surface area contributed by atoms with E-state index >= 15 is 0 Å². The summed E-state index contributed by atoms with van der Waals surface area (Å²) in [6, 6.07) is 15.1. The first-order valence-corrected chi connectivity index (χ1v) is 9.04. The summed E-state index contributed by atoms with van der Waals surface area (Å²) in [5.41, 5.74) is 1.62. The molecule has 0 spiro atoms. The molecule has 2 amide bonds. The Labute approximate surface area is 164 Å². The zero-order chi connectivity index (χ0) is 19.8. The number of methoxy groups -OCH3 is 1. The van der Waals surface area contributed by atoms with Crippen LogP contribution in [0, 0.1) is 0 Å². The van der Waals surface area contributed by atoms with Gasteiger partial charge in [-0.15, -0.1) is 0 Å². The fourth-order valence-electron chi connectivity index (χ4n) is 2.60. The average molecular weight is 391 g/mol. The number of carbonyl (C=O) groups is 2. The molecule has 0 bridgehead atoms. The van der Waals surface area contributed by atoms with Crippen LogP contribution < -0.4 is 15.4 Å². The lowest BCUT2D eigenvalue weighted by Crippen LogP contribution is -2.87. The van der Waals surface area contributed by atoms with Gasteiger partial charge >= 0.3 is 0 Å². The Morgan fingerprint density at radius 1 is 1.22 bits per heavy atom. The molecule has 2 aromatic rings. The Hall–Kier alpha value is -2.57. The van der Waals surface area contributed by atoms with Crippen molar-refractivity contribution in [3.05, 3.63) is 59.1 Å². The zero-order valence-electron chi connectivity index (χ0n) is 15.7. The summed E-state index contributed by atoms with van der Waals surface area (Å²) in [7, 11) is 3.12. The number of carbonyl (C=O) groups excluding carboxylic acids is 2. The van der Waals surface area contributed by atoms with E-state index in [1.54, 1.807) is 25.2 Å². The van der Waals surface area contributed by atoms with E-state index in [0.29, 0.717) is 16.5 Å². The maximum Gasteiger partial charge on any atom is 0.277 e. The second-order valence-electron chi connectivity index (χ2n) is 6.28. The van der Waals surface area contributed by atoms with Crippen LogP contribution in [-0.4, -0.2) is 44.0 Å². The molecule has 0 fully saturated rings. The molecule has 0 saturated heterocycles. The van der Waals surface area contributed by atoms with E-state index in [9.17, 15) is 9.59 Å². The second-order valence-corrected chi connectivity index (χ2v) is 6.72. The number of hydrogen-bond donors (Lipinski definition) is 2. The molecule has 3 N–H and O–H groups in total. The van der Waals surface area contributed by atoms with Crippen molar-refractivity contribution in [2.24, 2.45) is 0 Å². The van der Waals surface area contributed by atoms with Crippen molar-refractivity contribution in [2.75, 3.05) is 32.6 Å². The van der Waals surface area contributed by atoms with Gasteiger partial charge < -0.3 is 20.3 Å². The number of hydrogen-bond acceptors (Lipinski definition) is 3. The Kier molecular flexibility index (Phi) is 7.64. The van der Waals surface area contributed by atoms with Gasteiger partial charge in [-0.05, 0) is 25.1 Å². The molecule has 0 aliphatic rings. The molecule has 0 radical (unpaired) electrons. The van der Waals surface area contributed by atoms with Gasteiger partial charge in [0.2, 0.25) is 5.91 Å². The highest BCUT2D eigenvalue weighted by Crippen LogP contribution is 2.27. The number of anilines is 1. The van der Waals surface area contributed by atoms with E-state index in [1.807, 2.05) is 42.6 Å². The molecule has 1 atom stereocenters. The molecule has 0 unspecified atom stereocenters. The third-order valence-corrected chi connectivity index (χ3v) is 4.45. The summed E-state index contributed by atoms with van der Waals surface area (Å²) in [6.07, 6.45) is 0. The molecule has 0 aliphatic heterocycles. The summed E-state index contributed by atoms with van der Waals surface area (Å²) in [5, 5.41) is 5.16. The number of amides is 2. The lowest BCUT2D eigenvalue weighted by atomic mass is 10.1. The van der Waals surface area contributed by atoms with Gasteiger partial charge in [0.05, 0.1) is 19.3 Å². The summed E-state index contributed by atoms with van der Waals surface area (Å²) in [4.78, 5) is 26.0. The van der Waals surface area contributed by atoms with Gasteiger partial charge in [-0.2, -0.15) is 0 Å². The largest absolute Gasteiger partial charge is 0.495 e. The number of benzene rings is 2. The van der Waals surface area contributed by atoms with Crippen LogP contribution in [0.1, 0.15) is 18.5 Å². The topological polar surface area (TPSA) is 75.2 Å². The van der Waals surface area contributed by atoms with Crippen molar-refractivity contribution in [1.82, 2.24) is 4.90 Å². The third kappa shape index (κ3) is 6.27. The Morgan fingerprint density at radius 2 is 1.93 bits per heavy atom. The number of nitrogens with zero attached hydrogens (tertiary/aromatic N) is 1. The van der Waals surface area contributed by atoms with Gasteiger partial charge in [0.15, 0.2) is 6.54 Å². The average Bonchev–Trinajstić information content (AvgIpc) is 2.66. The molecule has 2 rings (SSSR count). The van der Waals surface area contributed by atoms with Gasteiger partial charge in [-0.1, -0.05) is 41.9 Å². The summed E-state index contributed by atoms with van der Waals surface area (Å²) in [6.45, 7) is 2.25. The predicted octanol–water partition coefficient (Wildman–Crippen LogP) is 2.07. The monoisotopic (exact) mass is 390 g/mol. The zero-order valence-corrected chi connectivity index (χ0v) is 16.5. The standard InChI is InChI=1S/C20H24ClN3O3/c1-14(15-7-5-4-6-8-15)22-12-20(26)24(2)13-19(25)23-17-11-16(21)9-10-18(17)27-3/h4-11,14,22H,12-13H2,1-3H3,(H,23,25)/p+1/t14-/m1/s1. The number of quaternary nitrogens is 1. The smallest absolute Gasteiger partial charge is 0.277 e. The SMILES string of the molecule is COc1ccc(Cl)cc1NC(=O)CN(C)C(=O)C[NH2+][C@H](C)c1ccccc1. The van der Waals surface area contributed by atoms with E-state index in [4.69, 9.17) is 16.3 Å². The molecule has 27 heavy (non-hydrogen) atoms. The Bertz CT molecular complexity index is 783. The number of nitrogens with one attached hydrogen (secondary N) is 1. The van der Waals surface area contributed by atoms with Crippen LogP contribution in [0.25, 0.3) is 0 Å². The first-order valence-electron chi connectivity index (χ1n) is 8.66. The number of halogens is 1. The maximum absolute atomic E-state index is 12.3. The Balaban J connectivity index is 1.85. The minimum absolute atomic E-state index is 0.0535. The molecule has 0 aromatic heterocycles. The number of likely N-dealkylation sites (N-methyl/N-ethyl adjacent to an activating group) is 1. The molecular formula is C20H25ClN3O3+. The van der Waals surface area contributed by atoms with E-state index in [2.05, 4.69) is 5.32 Å². The molecule has 7 heteroatoms. The highest BCUT2D eigenvalue weighted by molar-refractivity contribution is 6.31. The molecule has 0 aliphatic carbocycles.